The molecule has 0 unspecified atom stereocenters. The minimum atomic E-state index is -0.241. The SMILES string of the molecule is CSCC[C@H]1OC[C@H](C(C)C)N1C(=O)[C@H]1O[C@@H]1C(C)C. The number of carbonyl (C=O) groups excluding carboxylic acids is 1. The van der Waals surface area contributed by atoms with E-state index in [0.29, 0.717) is 18.4 Å². The van der Waals surface area contributed by atoms with Gasteiger partial charge in [-0.3, -0.25) is 4.79 Å². The number of nitrogens with zero attached hydrogens (tertiary/aromatic N) is 1. The Hall–Kier alpha value is -0.260. The van der Waals surface area contributed by atoms with Gasteiger partial charge in [0.15, 0.2) is 6.10 Å². The van der Waals surface area contributed by atoms with Crippen molar-refractivity contribution >= 4 is 17.7 Å². The van der Waals surface area contributed by atoms with Crippen LogP contribution in [0.25, 0.3) is 0 Å². The third-order valence-corrected chi connectivity index (χ3v) is 4.79. The lowest BCUT2D eigenvalue weighted by molar-refractivity contribution is -0.140. The Balaban J connectivity index is 2.04. The second-order valence-corrected chi connectivity index (χ2v) is 7.38. The zero-order chi connectivity index (χ0) is 14.9. The summed E-state index contributed by atoms with van der Waals surface area (Å²) in [5, 5.41) is 0. The number of ether oxygens (including phenoxy) is 2. The van der Waals surface area contributed by atoms with Crippen LogP contribution in [0.15, 0.2) is 0 Å². The van der Waals surface area contributed by atoms with Crippen molar-refractivity contribution in [2.24, 2.45) is 11.8 Å². The third kappa shape index (κ3) is 3.31. The first-order chi connectivity index (χ1) is 9.47. The van der Waals surface area contributed by atoms with Crippen LogP contribution in [-0.2, 0) is 14.3 Å². The van der Waals surface area contributed by atoms with Gasteiger partial charge < -0.3 is 14.4 Å². The molecule has 2 saturated heterocycles. The van der Waals surface area contributed by atoms with Crippen molar-refractivity contribution in [3.8, 4) is 0 Å². The average Bonchev–Trinajstić information content (AvgIpc) is 3.08. The molecular formula is C15H27NO3S. The van der Waals surface area contributed by atoms with E-state index >= 15 is 0 Å². The maximum Gasteiger partial charge on any atom is 0.256 e. The van der Waals surface area contributed by atoms with E-state index in [4.69, 9.17) is 9.47 Å². The third-order valence-electron chi connectivity index (χ3n) is 4.15. The highest BCUT2D eigenvalue weighted by atomic mass is 32.2. The topological polar surface area (TPSA) is 42.1 Å². The molecule has 4 nitrogen and oxygen atoms in total. The maximum absolute atomic E-state index is 12.7. The van der Waals surface area contributed by atoms with Crippen molar-refractivity contribution in [2.75, 3.05) is 18.6 Å². The standard InChI is InChI=1S/C15H27NO3S/c1-9(2)11-8-18-12(6-7-20-5)16(11)15(17)14-13(19-14)10(3)4/h9-14H,6-8H2,1-5H3/t11-,12-,13-,14+/m1/s1. The summed E-state index contributed by atoms with van der Waals surface area (Å²) in [4.78, 5) is 14.7. The molecule has 2 aliphatic rings. The van der Waals surface area contributed by atoms with E-state index in [1.807, 2.05) is 4.90 Å². The Bertz CT molecular complexity index is 348. The van der Waals surface area contributed by atoms with Crippen molar-refractivity contribution in [2.45, 2.75) is 58.6 Å². The number of rotatable bonds is 6. The van der Waals surface area contributed by atoms with E-state index in [1.54, 1.807) is 11.8 Å². The first-order valence-corrected chi connectivity index (χ1v) is 8.95. The highest BCUT2D eigenvalue weighted by Crippen LogP contribution is 2.35. The molecular weight excluding hydrogens is 274 g/mol. The molecule has 0 N–H and O–H groups in total. The van der Waals surface area contributed by atoms with Gasteiger partial charge in [-0.25, -0.2) is 0 Å². The van der Waals surface area contributed by atoms with Gasteiger partial charge in [-0.15, -0.1) is 0 Å². The smallest absolute Gasteiger partial charge is 0.256 e. The van der Waals surface area contributed by atoms with Crippen molar-refractivity contribution in [3.05, 3.63) is 0 Å². The molecule has 2 rings (SSSR count). The highest BCUT2D eigenvalue weighted by Gasteiger charge is 2.52. The van der Waals surface area contributed by atoms with Crippen LogP contribution in [0, 0.1) is 11.8 Å². The van der Waals surface area contributed by atoms with Gasteiger partial charge in [-0.1, -0.05) is 27.7 Å². The van der Waals surface area contributed by atoms with Crippen molar-refractivity contribution in [1.29, 1.82) is 0 Å². The number of thioether (sulfide) groups is 1. The largest absolute Gasteiger partial charge is 0.359 e. The molecule has 2 heterocycles. The summed E-state index contributed by atoms with van der Waals surface area (Å²) >= 11 is 1.79. The number of epoxide rings is 1. The lowest BCUT2D eigenvalue weighted by atomic mass is 10.0. The summed E-state index contributed by atoms with van der Waals surface area (Å²) in [5.74, 6) is 1.95. The van der Waals surface area contributed by atoms with E-state index in [-0.39, 0.29) is 30.4 Å². The second-order valence-electron chi connectivity index (χ2n) is 6.39. The van der Waals surface area contributed by atoms with Gasteiger partial charge in [0, 0.05) is 6.42 Å². The van der Waals surface area contributed by atoms with E-state index in [1.165, 1.54) is 0 Å². The number of carbonyl (C=O) groups is 1. The van der Waals surface area contributed by atoms with E-state index in [2.05, 4.69) is 34.0 Å². The van der Waals surface area contributed by atoms with E-state index in [0.717, 1.165) is 12.2 Å². The van der Waals surface area contributed by atoms with Crippen LogP contribution >= 0.6 is 11.8 Å². The van der Waals surface area contributed by atoms with Crippen molar-refractivity contribution in [3.63, 3.8) is 0 Å². The molecule has 5 heteroatoms. The number of hydrogen-bond donors (Lipinski definition) is 0. The van der Waals surface area contributed by atoms with Gasteiger partial charge in [0.1, 0.15) is 6.23 Å². The fourth-order valence-electron chi connectivity index (χ4n) is 2.82. The molecule has 116 valence electrons. The normalized spacial score (nSPS) is 33.2. The molecule has 20 heavy (non-hydrogen) atoms. The Kier molecular flexibility index (Phi) is 5.37. The fourth-order valence-corrected chi connectivity index (χ4v) is 3.26. The van der Waals surface area contributed by atoms with Gasteiger partial charge >= 0.3 is 0 Å². The van der Waals surface area contributed by atoms with Crippen LogP contribution in [0.5, 0.6) is 0 Å². The molecule has 0 saturated carbocycles. The van der Waals surface area contributed by atoms with Crippen molar-refractivity contribution < 1.29 is 14.3 Å². The molecule has 1 amide bonds. The number of amides is 1. The summed E-state index contributed by atoms with van der Waals surface area (Å²) < 4.78 is 11.5. The first kappa shape index (κ1) is 16.1. The van der Waals surface area contributed by atoms with Gasteiger partial charge in [-0.2, -0.15) is 11.8 Å². The fraction of sp³-hybridized carbons (Fsp3) is 0.933. The highest BCUT2D eigenvalue weighted by molar-refractivity contribution is 7.98. The van der Waals surface area contributed by atoms with Crippen LogP contribution in [0.2, 0.25) is 0 Å². The predicted molar refractivity (Wildman–Crippen MR) is 81.7 cm³/mol. The van der Waals surface area contributed by atoms with Crippen LogP contribution in [0.4, 0.5) is 0 Å². The summed E-state index contributed by atoms with van der Waals surface area (Å²) in [6.45, 7) is 9.16. The molecule has 0 radical (unpaired) electrons. The predicted octanol–water partition coefficient (Wildman–Crippen LogP) is 2.37. The Morgan fingerprint density at radius 1 is 1.30 bits per heavy atom. The lowest BCUT2D eigenvalue weighted by Gasteiger charge is -2.30. The second kappa shape index (κ2) is 6.67. The molecule has 0 aromatic carbocycles. The summed E-state index contributed by atoms with van der Waals surface area (Å²) in [5.41, 5.74) is 0. The number of hydrogen-bond acceptors (Lipinski definition) is 4. The molecule has 2 fully saturated rings. The lowest BCUT2D eigenvalue weighted by Crippen LogP contribution is -2.47. The maximum atomic E-state index is 12.7. The van der Waals surface area contributed by atoms with Gasteiger partial charge in [-0.05, 0) is 23.8 Å². The first-order valence-electron chi connectivity index (χ1n) is 7.55. The van der Waals surface area contributed by atoms with Gasteiger partial charge in [0.25, 0.3) is 5.91 Å². The molecule has 4 atom stereocenters. The van der Waals surface area contributed by atoms with E-state index in [9.17, 15) is 4.79 Å². The molecule has 0 aliphatic carbocycles. The Morgan fingerprint density at radius 3 is 2.50 bits per heavy atom. The zero-order valence-electron chi connectivity index (χ0n) is 13.2. The Morgan fingerprint density at radius 2 is 2.00 bits per heavy atom. The molecule has 2 aliphatic heterocycles. The monoisotopic (exact) mass is 301 g/mol. The molecule has 0 spiro atoms. The molecule has 0 aromatic heterocycles. The summed E-state index contributed by atoms with van der Waals surface area (Å²) in [6.07, 6.45) is 2.76. The minimum Gasteiger partial charge on any atom is -0.359 e. The quantitative estimate of drug-likeness (QED) is 0.706. The van der Waals surface area contributed by atoms with Crippen LogP contribution in [0.3, 0.4) is 0 Å². The Labute approximate surface area is 126 Å². The van der Waals surface area contributed by atoms with Crippen LogP contribution < -0.4 is 0 Å². The summed E-state index contributed by atoms with van der Waals surface area (Å²) in [6, 6.07) is 0.186. The minimum absolute atomic E-state index is 0.0700. The molecule has 0 aromatic rings. The van der Waals surface area contributed by atoms with Gasteiger partial charge in [0.05, 0.1) is 18.8 Å². The average molecular weight is 301 g/mol. The molecule has 0 bridgehead atoms. The van der Waals surface area contributed by atoms with Crippen molar-refractivity contribution in [1.82, 2.24) is 4.90 Å². The van der Waals surface area contributed by atoms with E-state index < -0.39 is 0 Å². The van der Waals surface area contributed by atoms with Crippen LogP contribution in [-0.4, -0.2) is 53.9 Å². The zero-order valence-corrected chi connectivity index (χ0v) is 14.0. The van der Waals surface area contributed by atoms with Crippen LogP contribution in [0.1, 0.15) is 34.1 Å². The summed E-state index contributed by atoms with van der Waals surface area (Å²) in [7, 11) is 0. The van der Waals surface area contributed by atoms with Gasteiger partial charge in [0.2, 0.25) is 0 Å².